The van der Waals surface area contributed by atoms with Gasteiger partial charge >= 0.3 is 0 Å². The second-order valence-electron chi connectivity index (χ2n) is 8.16. The quantitative estimate of drug-likeness (QED) is 0.156. The van der Waals surface area contributed by atoms with Crippen LogP contribution in [0.1, 0.15) is 34.6 Å². The van der Waals surface area contributed by atoms with Gasteiger partial charge in [0.05, 0.1) is 116 Å². The van der Waals surface area contributed by atoms with Gasteiger partial charge in [0.15, 0.2) is 0 Å². The molecule has 11 heteroatoms. The fourth-order valence-corrected chi connectivity index (χ4v) is 2.30. The molecule has 0 heterocycles. The van der Waals surface area contributed by atoms with Crippen LogP contribution in [0.25, 0.3) is 0 Å². The van der Waals surface area contributed by atoms with Crippen LogP contribution in [-0.4, -0.2) is 139 Å². The van der Waals surface area contributed by atoms with Gasteiger partial charge in [0.25, 0.3) is 0 Å². The lowest BCUT2D eigenvalue weighted by molar-refractivity contribution is -0.0947. The van der Waals surface area contributed by atoms with Gasteiger partial charge in [0, 0.05) is 7.11 Å². The Balaban J connectivity index is 0. The van der Waals surface area contributed by atoms with Crippen LogP contribution in [0.2, 0.25) is 0 Å². The van der Waals surface area contributed by atoms with Gasteiger partial charge in [-0.2, -0.15) is 0 Å². The van der Waals surface area contributed by atoms with Gasteiger partial charge in [-0.1, -0.05) is 0 Å². The summed E-state index contributed by atoms with van der Waals surface area (Å²) in [6, 6.07) is 0. The van der Waals surface area contributed by atoms with Crippen LogP contribution in [0.4, 0.5) is 0 Å². The minimum Gasteiger partial charge on any atom is -0.394 e. The molecule has 3 N–H and O–H groups in total. The molecule has 0 fully saturated rings. The van der Waals surface area contributed by atoms with Crippen molar-refractivity contribution >= 4 is 0 Å². The van der Waals surface area contributed by atoms with Gasteiger partial charge in [0.2, 0.25) is 0 Å². The average molecular weight is 517 g/mol. The maximum absolute atomic E-state index is 9.14. The Bertz CT molecular complexity index is 392. The topological polar surface area (TPSA) is 135 Å². The first-order chi connectivity index (χ1) is 16.8. The van der Waals surface area contributed by atoms with Crippen molar-refractivity contribution in [1.82, 2.24) is 0 Å². The lowest BCUT2D eigenvalue weighted by Crippen LogP contribution is -2.28. The molecule has 0 aromatic rings. The van der Waals surface area contributed by atoms with Gasteiger partial charge in [-0.25, -0.2) is 0 Å². The molecule has 35 heavy (non-hydrogen) atoms. The first-order valence-corrected chi connectivity index (χ1v) is 12.3. The first kappa shape index (κ1) is 36.7. The van der Waals surface area contributed by atoms with Crippen LogP contribution >= 0.6 is 0 Å². The lowest BCUT2D eigenvalue weighted by atomic mass is 10.3. The van der Waals surface area contributed by atoms with Crippen LogP contribution < -0.4 is 0 Å². The highest BCUT2D eigenvalue weighted by Crippen LogP contribution is 2.02. The Morgan fingerprint density at radius 3 is 1.11 bits per heavy atom. The highest BCUT2D eigenvalue weighted by molar-refractivity contribution is 4.57. The highest BCUT2D eigenvalue weighted by atomic mass is 16.6. The van der Waals surface area contributed by atoms with Gasteiger partial charge in [-0.15, -0.1) is 0 Å². The van der Waals surface area contributed by atoms with E-state index in [9.17, 15) is 0 Å². The molecule has 0 saturated carbocycles. The third-order valence-corrected chi connectivity index (χ3v) is 4.08. The molecule has 0 rings (SSSR count). The molecule has 0 radical (unpaired) electrons. The van der Waals surface area contributed by atoms with Crippen molar-refractivity contribution in [3.05, 3.63) is 0 Å². The predicted molar refractivity (Wildman–Crippen MR) is 132 cm³/mol. The lowest BCUT2D eigenvalue weighted by Gasteiger charge is -2.21. The van der Waals surface area contributed by atoms with Crippen molar-refractivity contribution in [3.8, 4) is 0 Å². The maximum Gasteiger partial charge on any atom is 0.0781 e. The third kappa shape index (κ3) is 31.5. The summed E-state index contributed by atoms with van der Waals surface area (Å²) in [5.74, 6) is 0. The van der Waals surface area contributed by atoms with Gasteiger partial charge in [-0.05, 0) is 34.6 Å². The van der Waals surface area contributed by atoms with Crippen molar-refractivity contribution in [3.63, 3.8) is 0 Å². The van der Waals surface area contributed by atoms with E-state index in [-0.39, 0.29) is 37.6 Å². The smallest absolute Gasteiger partial charge is 0.0781 e. The second-order valence-corrected chi connectivity index (χ2v) is 8.16. The fraction of sp³-hybridized carbons (Fsp3) is 1.00. The normalized spacial score (nSPS) is 15.7. The zero-order chi connectivity index (χ0) is 26.7. The van der Waals surface area contributed by atoms with E-state index in [0.29, 0.717) is 72.7 Å². The molecule has 5 unspecified atom stereocenters. The number of aliphatic hydroxyl groups is 3. The second kappa shape index (κ2) is 28.1. The molecular formula is C24H52O11. The van der Waals surface area contributed by atoms with Crippen molar-refractivity contribution in [1.29, 1.82) is 0 Å². The van der Waals surface area contributed by atoms with Crippen LogP contribution in [0.5, 0.6) is 0 Å². The Morgan fingerprint density at radius 2 is 0.800 bits per heavy atom. The van der Waals surface area contributed by atoms with E-state index < -0.39 is 6.10 Å². The fourth-order valence-electron chi connectivity index (χ4n) is 2.30. The van der Waals surface area contributed by atoms with E-state index in [1.54, 1.807) is 14.0 Å². The molecule has 0 aliphatic heterocycles. The molecule has 0 aliphatic carbocycles. The van der Waals surface area contributed by atoms with Gasteiger partial charge in [-0.3, -0.25) is 0 Å². The Hall–Kier alpha value is -0.440. The average Bonchev–Trinajstić information content (AvgIpc) is 2.83. The molecule has 0 bridgehead atoms. The predicted octanol–water partition coefficient (Wildman–Crippen LogP) is 0.655. The zero-order valence-corrected chi connectivity index (χ0v) is 22.7. The number of hydrogen-bond acceptors (Lipinski definition) is 11. The summed E-state index contributed by atoms with van der Waals surface area (Å²) >= 11 is 0. The van der Waals surface area contributed by atoms with Crippen molar-refractivity contribution in [2.24, 2.45) is 0 Å². The standard InChI is InChI=1S/C16H34O6.C8H18O5/c1-12(17)7-19-14(3)9-21-16(5)11-22-15(4)10-20-13(2)8-18-6;9-1-3-11-5-7-13-8-6-12-4-2-10/h12-17H,7-11H2,1-6H3;9-10H,1-8H2. The van der Waals surface area contributed by atoms with Crippen LogP contribution in [0.15, 0.2) is 0 Å². The monoisotopic (exact) mass is 516 g/mol. The van der Waals surface area contributed by atoms with E-state index in [4.69, 9.17) is 53.2 Å². The first-order valence-electron chi connectivity index (χ1n) is 12.3. The minimum absolute atomic E-state index is 0.00858. The Kier molecular flexibility index (Phi) is 29.5. The Morgan fingerprint density at radius 1 is 0.486 bits per heavy atom. The minimum atomic E-state index is -0.454. The number of hydrogen-bond donors (Lipinski definition) is 3. The number of methoxy groups -OCH3 is 1. The molecule has 0 aliphatic rings. The molecule has 214 valence electrons. The molecule has 0 saturated heterocycles. The molecule has 5 atom stereocenters. The summed E-state index contributed by atoms with van der Waals surface area (Å²) in [5, 5.41) is 25.9. The zero-order valence-electron chi connectivity index (χ0n) is 22.7. The maximum atomic E-state index is 9.14. The van der Waals surface area contributed by atoms with E-state index >= 15 is 0 Å². The molecule has 0 aromatic carbocycles. The molecule has 0 aromatic heterocycles. The van der Waals surface area contributed by atoms with E-state index in [1.165, 1.54) is 0 Å². The summed E-state index contributed by atoms with van der Waals surface area (Å²) in [6.45, 7) is 14.7. The van der Waals surface area contributed by atoms with E-state index in [1.807, 2.05) is 27.7 Å². The summed E-state index contributed by atoms with van der Waals surface area (Å²) in [7, 11) is 1.66. The number of rotatable bonds is 24. The molecule has 11 nitrogen and oxygen atoms in total. The van der Waals surface area contributed by atoms with Crippen LogP contribution in [0, 0.1) is 0 Å². The number of aliphatic hydroxyl groups excluding tert-OH is 3. The summed E-state index contributed by atoms with van der Waals surface area (Å²) in [6.07, 6.45) is -0.445. The Labute approximate surface area is 211 Å². The van der Waals surface area contributed by atoms with Crippen molar-refractivity contribution in [2.75, 3.05) is 93.0 Å². The van der Waals surface area contributed by atoms with Crippen LogP contribution in [-0.2, 0) is 37.9 Å². The third-order valence-electron chi connectivity index (χ3n) is 4.08. The summed E-state index contributed by atoms with van der Waals surface area (Å²) < 4.78 is 42.4. The van der Waals surface area contributed by atoms with Crippen molar-refractivity contribution < 1.29 is 53.2 Å². The summed E-state index contributed by atoms with van der Waals surface area (Å²) in [4.78, 5) is 0. The van der Waals surface area contributed by atoms with E-state index in [0.717, 1.165) is 0 Å². The largest absolute Gasteiger partial charge is 0.394 e. The number of ether oxygens (including phenoxy) is 8. The molecular weight excluding hydrogens is 464 g/mol. The highest BCUT2D eigenvalue weighted by Gasteiger charge is 2.11. The molecule has 0 amide bonds. The van der Waals surface area contributed by atoms with Crippen LogP contribution in [0.3, 0.4) is 0 Å². The SMILES string of the molecule is COCC(C)OCC(C)OCC(C)OCC(C)OCC(C)O.OCCOCCOCCOCCO. The van der Waals surface area contributed by atoms with Gasteiger partial charge in [0.1, 0.15) is 0 Å². The molecule has 0 spiro atoms. The summed E-state index contributed by atoms with van der Waals surface area (Å²) in [5.41, 5.74) is 0. The van der Waals surface area contributed by atoms with E-state index in [2.05, 4.69) is 0 Å². The van der Waals surface area contributed by atoms with Crippen molar-refractivity contribution in [2.45, 2.75) is 65.1 Å². The van der Waals surface area contributed by atoms with Gasteiger partial charge < -0.3 is 53.2 Å².